The van der Waals surface area contributed by atoms with Crippen LogP contribution in [0.25, 0.3) is 0 Å². The minimum Gasteiger partial charge on any atom is -0.481 e. The number of carboxylic acid groups (broad SMARTS) is 1. The second-order valence-corrected chi connectivity index (χ2v) is 11.9. The van der Waals surface area contributed by atoms with Crippen molar-refractivity contribution in [2.24, 2.45) is 11.8 Å². The van der Waals surface area contributed by atoms with Crippen molar-refractivity contribution in [2.75, 3.05) is 13.2 Å². The van der Waals surface area contributed by atoms with E-state index in [1.54, 1.807) is 31.2 Å². The number of nitrogens with zero attached hydrogens (tertiary/aromatic N) is 1. The van der Waals surface area contributed by atoms with E-state index in [-0.39, 0.29) is 34.6 Å². The second-order valence-electron chi connectivity index (χ2n) is 11.0. The van der Waals surface area contributed by atoms with Gasteiger partial charge in [0, 0.05) is 28.8 Å². The van der Waals surface area contributed by atoms with Gasteiger partial charge in [-0.1, -0.05) is 54.4 Å². The molecule has 0 saturated carbocycles. The first kappa shape index (κ1) is 30.4. The molecule has 3 aromatic rings. The lowest BCUT2D eigenvalue weighted by atomic mass is 9.74. The Labute approximate surface area is 253 Å². The van der Waals surface area contributed by atoms with Crippen LogP contribution in [0, 0.1) is 17.7 Å². The van der Waals surface area contributed by atoms with Crippen molar-refractivity contribution in [1.29, 1.82) is 0 Å². The quantitative estimate of drug-likeness (QED) is 0.276. The average Bonchev–Trinajstić information content (AvgIpc) is 3.21. The third-order valence-corrected chi connectivity index (χ3v) is 9.28. The number of aliphatic carboxylic acids is 1. The van der Waals surface area contributed by atoms with E-state index in [2.05, 4.69) is 0 Å². The van der Waals surface area contributed by atoms with Gasteiger partial charge in [-0.25, -0.2) is 4.39 Å². The van der Waals surface area contributed by atoms with Crippen LogP contribution in [0.2, 0.25) is 10.0 Å². The summed E-state index contributed by atoms with van der Waals surface area (Å²) in [6, 6.07) is 13.6. The monoisotopic (exact) mass is 615 g/mol. The smallest absolute Gasteiger partial charge is 0.308 e. The molecule has 5 rings (SSSR count). The van der Waals surface area contributed by atoms with E-state index in [0.29, 0.717) is 41.7 Å². The molecule has 222 valence electrons. The van der Waals surface area contributed by atoms with E-state index in [1.807, 2.05) is 0 Å². The first-order valence-corrected chi connectivity index (χ1v) is 14.6. The summed E-state index contributed by atoms with van der Waals surface area (Å²) in [7, 11) is 0. The van der Waals surface area contributed by atoms with Crippen LogP contribution >= 0.6 is 23.2 Å². The van der Waals surface area contributed by atoms with Crippen LogP contribution < -0.4 is 0 Å². The van der Waals surface area contributed by atoms with Gasteiger partial charge in [0.15, 0.2) is 5.72 Å². The molecule has 0 aliphatic carbocycles. The van der Waals surface area contributed by atoms with Crippen molar-refractivity contribution in [2.45, 2.75) is 50.5 Å². The predicted molar refractivity (Wildman–Crippen MR) is 156 cm³/mol. The highest BCUT2D eigenvalue weighted by molar-refractivity contribution is 6.30. The molecule has 3 unspecified atom stereocenters. The van der Waals surface area contributed by atoms with Crippen LogP contribution in [-0.2, 0) is 20.9 Å². The maximum Gasteiger partial charge on any atom is 0.308 e. The van der Waals surface area contributed by atoms with Gasteiger partial charge in [0.25, 0.3) is 5.91 Å². The fraction of sp³-hybridized carbons (Fsp3) is 0.375. The number of hydrogen-bond acceptors (Lipinski definition) is 5. The lowest BCUT2D eigenvalue weighted by molar-refractivity contribution is -0.147. The maximum absolute atomic E-state index is 16.4. The molecular formula is C32H32Cl2FNO6. The SMILES string of the molecule is CCC(O)(c1cc(F)c2c(c1)C(=O)N(C(c1ccc(Cl)cc1)C(C)C(=O)O)[C@@]2(O)c1ccc(Cl)cc1)C1CCOCC1. The molecule has 42 heavy (non-hydrogen) atoms. The molecule has 2 heterocycles. The number of halogens is 3. The van der Waals surface area contributed by atoms with Crippen molar-refractivity contribution in [1.82, 2.24) is 4.90 Å². The van der Waals surface area contributed by atoms with Crippen LogP contribution in [0.5, 0.6) is 0 Å². The molecule has 3 N–H and O–H groups in total. The van der Waals surface area contributed by atoms with Gasteiger partial charge < -0.3 is 20.1 Å². The summed E-state index contributed by atoms with van der Waals surface area (Å²) in [6.07, 6.45) is 1.39. The molecule has 1 fully saturated rings. The Balaban J connectivity index is 1.76. The Hall–Kier alpha value is -3.01. The zero-order chi connectivity index (χ0) is 30.4. The molecular weight excluding hydrogens is 584 g/mol. The normalized spacial score (nSPS) is 22.0. The second kappa shape index (κ2) is 11.6. The highest BCUT2D eigenvalue weighted by atomic mass is 35.5. The first-order valence-electron chi connectivity index (χ1n) is 13.9. The average molecular weight is 617 g/mol. The summed E-state index contributed by atoms with van der Waals surface area (Å²) in [5, 5.41) is 35.3. The summed E-state index contributed by atoms with van der Waals surface area (Å²) in [5.41, 5.74) is -3.60. The molecule has 1 saturated heterocycles. The molecule has 0 bridgehead atoms. The molecule has 0 radical (unpaired) electrons. The van der Waals surface area contributed by atoms with Crippen LogP contribution in [0.15, 0.2) is 60.7 Å². The van der Waals surface area contributed by atoms with E-state index in [4.69, 9.17) is 27.9 Å². The van der Waals surface area contributed by atoms with Gasteiger partial charge in [0.05, 0.1) is 28.7 Å². The number of benzene rings is 3. The molecule has 2 aliphatic rings. The number of rotatable bonds is 8. The van der Waals surface area contributed by atoms with Crippen molar-refractivity contribution in [3.05, 3.63) is 104 Å². The summed E-state index contributed by atoms with van der Waals surface area (Å²) in [5.74, 6) is -4.35. The molecule has 0 aromatic heterocycles. The van der Waals surface area contributed by atoms with Gasteiger partial charge in [-0.15, -0.1) is 0 Å². The molecule has 3 aromatic carbocycles. The van der Waals surface area contributed by atoms with E-state index < -0.39 is 41.0 Å². The van der Waals surface area contributed by atoms with E-state index in [9.17, 15) is 24.9 Å². The fourth-order valence-corrected chi connectivity index (χ4v) is 6.68. The van der Waals surface area contributed by atoms with Gasteiger partial charge >= 0.3 is 5.97 Å². The van der Waals surface area contributed by atoms with Crippen molar-refractivity contribution in [3.8, 4) is 0 Å². The van der Waals surface area contributed by atoms with Crippen molar-refractivity contribution in [3.63, 3.8) is 0 Å². The van der Waals surface area contributed by atoms with Gasteiger partial charge in [-0.05, 0) is 79.6 Å². The van der Waals surface area contributed by atoms with Crippen LogP contribution in [-0.4, -0.2) is 45.3 Å². The third kappa shape index (κ3) is 4.99. The third-order valence-electron chi connectivity index (χ3n) is 8.77. The minimum absolute atomic E-state index is 0.123. The van der Waals surface area contributed by atoms with Crippen LogP contribution in [0.3, 0.4) is 0 Å². The highest BCUT2D eigenvalue weighted by Gasteiger charge is 2.57. The molecule has 4 atom stereocenters. The number of fused-ring (bicyclic) bond motifs is 1. The molecule has 7 nitrogen and oxygen atoms in total. The minimum atomic E-state index is -2.41. The first-order chi connectivity index (χ1) is 19.9. The summed E-state index contributed by atoms with van der Waals surface area (Å²) < 4.78 is 21.9. The molecule has 2 aliphatic heterocycles. The van der Waals surface area contributed by atoms with E-state index in [1.165, 1.54) is 43.3 Å². The number of ether oxygens (including phenoxy) is 1. The standard InChI is InChI=1S/C32H32Cl2FNO6/c1-3-31(40,20-12-14-42-15-13-20)22-16-25-27(26(35)17-22)32(41,21-6-10-24(34)11-7-21)36(29(25)37)28(18(2)30(38)39)19-4-8-23(33)9-5-19/h4-11,16-18,20,28,40-41H,3,12-15H2,1-2H3,(H,38,39)/t18?,28?,31?,32-/m1/s1. The lowest BCUT2D eigenvalue weighted by Gasteiger charge is -2.42. The Morgan fingerprint density at radius 1 is 1.10 bits per heavy atom. The zero-order valence-electron chi connectivity index (χ0n) is 23.2. The Kier molecular flexibility index (Phi) is 8.40. The number of carbonyl (C=O) groups excluding carboxylic acids is 1. The summed E-state index contributed by atoms with van der Waals surface area (Å²) in [6.45, 7) is 4.13. The van der Waals surface area contributed by atoms with E-state index >= 15 is 4.39 Å². The molecule has 0 spiro atoms. The van der Waals surface area contributed by atoms with Crippen molar-refractivity contribution >= 4 is 35.1 Å². The Bertz CT molecular complexity index is 1490. The topological polar surface area (TPSA) is 107 Å². The Morgan fingerprint density at radius 2 is 1.67 bits per heavy atom. The van der Waals surface area contributed by atoms with Crippen LogP contribution in [0.4, 0.5) is 4.39 Å². The Morgan fingerprint density at radius 3 is 2.21 bits per heavy atom. The zero-order valence-corrected chi connectivity index (χ0v) is 24.7. The highest BCUT2D eigenvalue weighted by Crippen LogP contribution is 2.51. The van der Waals surface area contributed by atoms with Crippen molar-refractivity contribution < 1.29 is 34.0 Å². The number of aliphatic hydroxyl groups is 2. The van der Waals surface area contributed by atoms with E-state index in [0.717, 1.165) is 4.90 Å². The van der Waals surface area contributed by atoms with Gasteiger partial charge in [0.1, 0.15) is 5.82 Å². The van der Waals surface area contributed by atoms with Gasteiger partial charge in [-0.2, -0.15) is 0 Å². The van der Waals surface area contributed by atoms with Crippen LogP contribution in [0.1, 0.15) is 71.8 Å². The lowest BCUT2D eigenvalue weighted by Crippen LogP contribution is -2.49. The summed E-state index contributed by atoms with van der Waals surface area (Å²) >= 11 is 12.2. The number of carbonyl (C=O) groups is 2. The largest absolute Gasteiger partial charge is 0.481 e. The summed E-state index contributed by atoms with van der Waals surface area (Å²) in [4.78, 5) is 27.8. The predicted octanol–water partition coefficient (Wildman–Crippen LogP) is 6.27. The maximum atomic E-state index is 16.4. The fourth-order valence-electron chi connectivity index (χ4n) is 6.43. The number of hydrogen-bond donors (Lipinski definition) is 3. The number of amides is 1. The molecule has 1 amide bonds. The van der Waals surface area contributed by atoms with Gasteiger partial charge in [-0.3, -0.25) is 14.5 Å². The molecule has 10 heteroatoms. The number of carboxylic acids is 1. The van der Waals surface area contributed by atoms with Gasteiger partial charge in [0.2, 0.25) is 0 Å².